The molecule has 0 aromatic carbocycles. The molecule has 86 heavy (non-hydrogen) atoms. The Kier molecular flexibility index (Phi) is 32.3. The lowest BCUT2D eigenvalue weighted by molar-refractivity contribution is -0.157. The molecular weight excluding hydrogens is 1100 g/mol. The molecule has 0 aromatic heterocycles. The minimum absolute atomic E-state index is 0.000893. The molecule has 0 spiro atoms. The summed E-state index contributed by atoms with van der Waals surface area (Å²) in [5.74, 6) is -12.2. The zero-order valence-electron chi connectivity index (χ0n) is 57.0. The van der Waals surface area contributed by atoms with Crippen molar-refractivity contribution in [1.29, 1.82) is 0 Å². The summed E-state index contributed by atoms with van der Waals surface area (Å²) in [7, 11) is 10.00. The van der Waals surface area contributed by atoms with Gasteiger partial charge in [0, 0.05) is 98.9 Å². The maximum atomic E-state index is 15.2. The minimum atomic E-state index is -1.63. The number of hydrogen-bond donors (Lipinski definition) is 3. The van der Waals surface area contributed by atoms with Gasteiger partial charge in [-0.1, -0.05) is 116 Å². The third-order valence-electron chi connectivity index (χ3n) is 17.6. The molecule has 0 aromatic rings. The van der Waals surface area contributed by atoms with Crippen molar-refractivity contribution in [2.45, 2.75) is 224 Å². The van der Waals surface area contributed by atoms with Gasteiger partial charge in [0.05, 0.1) is 18.2 Å². The Hall–Kier alpha value is -5.57. The minimum Gasteiger partial charge on any atom is -0.396 e. The zero-order valence-corrected chi connectivity index (χ0v) is 57.0. The lowest BCUT2D eigenvalue weighted by Gasteiger charge is -2.41. The van der Waals surface area contributed by atoms with Gasteiger partial charge in [-0.15, -0.1) is 0 Å². The first-order chi connectivity index (χ1) is 39.7. The molecule has 3 N–H and O–H groups in total. The molecule has 21 nitrogen and oxygen atoms in total. The number of nitrogens with one attached hydrogen (secondary N) is 1. The monoisotopic (exact) mass is 1210 g/mol. The van der Waals surface area contributed by atoms with E-state index in [9.17, 15) is 53.4 Å². The predicted octanol–water partition coefficient (Wildman–Crippen LogP) is 5.51. The largest absolute Gasteiger partial charge is 0.396 e. The lowest BCUT2D eigenvalue weighted by Crippen LogP contribution is -2.63. The van der Waals surface area contributed by atoms with Crippen LogP contribution in [0, 0.1) is 59.2 Å². The highest BCUT2D eigenvalue weighted by atomic mass is 16.3. The van der Waals surface area contributed by atoms with Gasteiger partial charge >= 0.3 is 0 Å². The van der Waals surface area contributed by atoms with Crippen LogP contribution >= 0.6 is 0 Å². The number of rotatable bonds is 15. The number of aliphatic hydroxyl groups excluding tert-OH is 2. The molecule has 0 unspecified atom stereocenters. The van der Waals surface area contributed by atoms with Crippen LogP contribution in [0.3, 0.4) is 0 Å². The van der Waals surface area contributed by atoms with Crippen molar-refractivity contribution in [3.8, 4) is 0 Å². The Morgan fingerprint density at radius 3 is 1.38 bits per heavy atom. The summed E-state index contributed by atoms with van der Waals surface area (Å²) in [5, 5.41) is 25.4. The number of aliphatic hydroxyl groups is 2. The highest BCUT2D eigenvalue weighted by Crippen LogP contribution is 2.29. The molecule has 0 aliphatic carbocycles. The van der Waals surface area contributed by atoms with Gasteiger partial charge in [-0.2, -0.15) is 0 Å². The number of ketones is 3. The Labute approximate surface area is 516 Å². The first-order valence-corrected chi connectivity index (χ1v) is 31.3. The van der Waals surface area contributed by atoms with E-state index in [1.165, 1.54) is 75.9 Å². The molecule has 492 valence electrons. The van der Waals surface area contributed by atoms with E-state index in [0.717, 1.165) is 14.7 Å². The number of carbonyl (C=O) groups is 11. The van der Waals surface area contributed by atoms with Crippen molar-refractivity contribution in [1.82, 2.24) is 39.6 Å². The second-order valence-corrected chi connectivity index (χ2v) is 26.9. The van der Waals surface area contributed by atoms with E-state index >= 15 is 9.59 Å². The summed E-state index contributed by atoms with van der Waals surface area (Å²) in [6.45, 7) is 29.1. The average Bonchev–Trinajstić information content (AvgIpc) is 1.84. The topological polar surface area (TPSA) is 263 Å². The van der Waals surface area contributed by atoms with Crippen molar-refractivity contribution in [3.05, 3.63) is 12.2 Å². The fraction of sp³-hybridized carbons (Fsp3) is 0.800. The number of amides is 8. The number of likely N-dealkylation sites (N-methyl/N-ethyl adjacent to an activating group) is 7. The van der Waals surface area contributed by atoms with Gasteiger partial charge in [0.25, 0.3) is 0 Å². The molecule has 0 saturated carbocycles. The van der Waals surface area contributed by atoms with Crippen LogP contribution in [0.1, 0.15) is 169 Å². The first-order valence-electron chi connectivity index (χ1n) is 31.3. The summed E-state index contributed by atoms with van der Waals surface area (Å²) in [6, 6.07) is -9.95. The number of Topliss-reactive ketones (excluding diaryl/α,β-unsaturated/α-hetero) is 3. The van der Waals surface area contributed by atoms with Crippen LogP contribution in [0.5, 0.6) is 0 Å². The van der Waals surface area contributed by atoms with Crippen LogP contribution in [-0.4, -0.2) is 219 Å². The molecule has 0 radical (unpaired) electrons. The molecular formula is C65H114N8O13. The quantitative estimate of drug-likeness (QED) is 0.171. The third kappa shape index (κ3) is 20.8. The molecule has 14 atom stereocenters. The summed E-state index contributed by atoms with van der Waals surface area (Å²) in [4.78, 5) is 170. The average molecular weight is 1220 g/mol. The highest BCUT2D eigenvalue weighted by molar-refractivity contribution is 6.00. The van der Waals surface area contributed by atoms with Gasteiger partial charge in [0.2, 0.25) is 47.3 Å². The second-order valence-electron chi connectivity index (χ2n) is 26.9. The summed E-state index contributed by atoms with van der Waals surface area (Å²) < 4.78 is 0. The molecule has 1 fully saturated rings. The Morgan fingerprint density at radius 1 is 0.488 bits per heavy atom. The molecule has 0 bridgehead atoms. The number of hydrogen-bond acceptors (Lipinski definition) is 13. The normalized spacial score (nSPS) is 28.2. The number of nitrogens with zero attached hydrogens (tertiary/aromatic N) is 7. The first kappa shape index (κ1) is 78.4. The SMILES string of the molecule is C/C=C/C[C@@H](C)[C@@H](O)[C@H]1C(=O)N[C@@H](CC)C(=O)N(C)[C@H](C)C(=O)N(C)[C@@H]([C@@H](C)CO)C(=O)C[C@@H](C(C)C)C(=O)N(C)[C@@H](CC(C)C)C(=O)C[C@@H](C)C(=O)C[C@H](C)C(=O)N(C)[C@@H](CC(C)C)C(=O)N(C)[C@@H](CC(C)C)C(=O)N(C)[C@@H](C(C)C)C(=O)N1C. The molecule has 1 heterocycles. The lowest BCUT2D eigenvalue weighted by atomic mass is 9.83. The van der Waals surface area contributed by atoms with Crippen LogP contribution in [0.15, 0.2) is 12.2 Å². The van der Waals surface area contributed by atoms with Crippen LogP contribution in [0.25, 0.3) is 0 Å². The Balaban J connectivity index is 4.38. The Bertz CT molecular complexity index is 2360. The fourth-order valence-electron chi connectivity index (χ4n) is 11.7. The number of allylic oxidation sites excluding steroid dienone is 2. The molecule has 21 heteroatoms. The van der Waals surface area contributed by atoms with Gasteiger partial charge in [-0.05, 0) is 81.5 Å². The van der Waals surface area contributed by atoms with Crippen LogP contribution in [-0.2, 0) is 52.7 Å². The summed E-state index contributed by atoms with van der Waals surface area (Å²) in [5.41, 5.74) is 0. The van der Waals surface area contributed by atoms with Gasteiger partial charge in [-0.3, -0.25) is 52.7 Å². The van der Waals surface area contributed by atoms with Gasteiger partial charge in [0.15, 0.2) is 11.6 Å². The fourth-order valence-corrected chi connectivity index (χ4v) is 11.7. The third-order valence-corrected chi connectivity index (χ3v) is 17.6. The highest BCUT2D eigenvalue weighted by Gasteiger charge is 2.46. The number of carbonyl (C=O) groups excluding carboxylic acids is 11. The zero-order chi connectivity index (χ0) is 66.8. The van der Waals surface area contributed by atoms with Crippen molar-refractivity contribution in [2.75, 3.05) is 55.9 Å². The van der Waals surface area contributed by atoms with E-state index < -0.39 is 156 Å². The van der Waals surface area contributed by atoms with Crippen molar-refractivity contribution < 1.29 is 63.0 Å². The van der Waals surface area contributed by atoms with Gasteiger partial charge in [0.1, 0.15) is 42.0 Å². The van der Waals surface area contributed by atoms with E-state index in [0.29, 0.717) is 6.42 Å². The van der Waals surface area contributed by atoms with Crippen molar-refractivity contribution in [3.63, 3.8) is 0 Å². The molecule has 1 rings (SSSR count). The standard InChI is InChI=1S/C65H114N8O13/c1-25-27-28-41(13)57(78)56-58(79)66-47(26-2)62(83)67(18)45(17)60(81)72(23)55(44(16)35-74)53(77)34-46(39(9)10)61(82)68(19)48(29-36(3)4)52(76)32-42(14)51(75)33-43(15)59(80)69(20)49(30-37(5)6)63(84)70(21)50(31-38(7)8)64(85)71(22)54(40(11)12)65(86)73(56)24/h25,27,36-50,54-57,74,78H,26,28-35H2,1-24H3,(H,66,79)/b27-25+/t41-,42-,43+,44+,45-,46+,47+,48+,49+,50+,54+,55+,56+,57-/m1/s1. The van der Waals surface area contributed by atoms with Crippen molar-refractivity contribution in [2.24, 2.45) is 59.2 Å². The predicted molar refractivity (Wildman–Crippen MR) is 333 cm³/mol. The summed E-state index contributed by atoms with van der Waals surface area (Å²) in [6.07, 6.45) is 2.06. The van der Waals surface area contributed by atoms with Gasteiger partial charge in [-0.25, -0.2) is 0 Å². The molecule has 8 amide bonds. The Morgan fingerprint density at radius 2 is 0.930 bits per heavy atom. The van der Waals surface area contributed by atoms with Crippen LogP contribution in [0.4, 0.5) is 0 Å². The van der Waals surface area contributed by atoms with E-state index in [1.54, 1.807) is 81.4 Å². The van der Waals surface area contributed by atoms with E-state index in [4.69, 9.17) is 0 Å². The second kappa shape index (κ2) is 35.4. The molecule has 1 aliphatic rings. The van der Waals surface area contributed by atoms with Crippen molar-refractivity contribution >= 4 is 64.6 Å². The van der Waals surface area contributed by atoms with E-state index in [1.807, 2.05) is 41.5 Å². The maximum absolute atomic E-state index is 15.2. The van der Waals surface area contributed by atoms with Crippen LogP contribution < -0.4 is 5.32 Å². The van der Waals surface area contributed by atoms with E-state index in [2.05, 4.69) is 5.32 Å². The molecule has 1 aliphatic heterocycles. The molecule has 1 saturated heterocycles. The van der Waals surface area contributed by atoms with Crippen LogP contribution in [0.2, 0.25) is 0 Å². The summed E-state index contributed by atoms with van der Waals surface area (Å²) >= 11 is 0. The van der Waals surface area contributed by atoms with Gasteiger partial charge < -0.3 is 49.8 Å². The maximum Gasteiger partial charge on any atom is 0.246 e. The smallest absolute Gasteiger partial charge is 0.246 e. The van der Waals surface area contributed by atoms with E-state index in [-0.39, 0.29) is 74.3 Å².